The van der Waals surface area contributed by atoms with E-state index < -0.39 is 0 Å². The summed E-state index contributed by atoms with van der Waals surface area (Å²) in [5, 5.41) is 11.5. The van der Waals surface area contributed by atoms with Gasteiger partial charge in [0.1, 0.15) is 11.6 Å². The third-order valence-corrected chi connectivity index (χ3v) is 5.24. The first-order chi connectivity index (χ1) is 14.2. The lowest BCUT2D eigenvalue weighted by Crippen LogP contribution is -2.25. The zero-order chi connectivity index (χ0) is 20.1. The molecule has 3 aromatic rings. The topological polar surface area (TPSA) is 91.8 Å². The summed E-state index contributed by atoms with van der Waals surface area (Å²) in [5.74, 6) is 1.22. The van der Waals surface area contributed by atoms with Crippen molar-refractivity contribution in [3.8, 4) is 0 Å². The van der Waals surface area contributed by atoms with Crippen LogP contribution in [0, 0.1) is 5.82 Å². The van der Waals surface area contributed by atoms with Crippen LogP contribution >= 0.6 is 11.3 Å². The Morgan fingerprint density at radius 2 is 2.14 bits per heavy atom. The summed E-state index contributed by atoms with van der Waals surface area (Å²) < 4.78 is 13.4. The molecular weight excluding hydrogens is 391 g/mol. The molecule has 3 N–H and O–H groups in total. The van der Waals surface area contributed by atoms with Gasteiger partial charge in [-0.3, -0.25) is 4.79 Å². The van der Waals surface area contributed by atoms with Crippen LogP contribution < -0.4 is 16.0 Å². The third kappa shape index (κ3) is 5.26. The van der Waals surface area contributed by atoms with Crippen molar-refractivity contribution >= 4 is 34.7 Å². The summed E-state index contributed by atoms with van der Waals surface area (Å²) in [6.45, 7) is 1.21. The SMILES string of the molecule is O=C(NCCCNc1nc(Nc2cccc(F)c2)ncc1C1CC1)c1nccs1. The first-order valence-corrected chi connectivity index (χ1v) is 10.4. The Balaban J connectivity index is 1.33. The highest BCUT2D eigenvalue weighted by Crippen LogP contribution is 2.42. The molecule has 1 saturated carbocycles. The average molecular weight is 412 g/mol. The fourth-order valence-electron chi connectivity index (χ4n) is 2.89. The molecule has 1 amide bonds. The van der Waals surface area contributed by atoms with Crippen molar-refractivity contribution in [1.29, 1.82) is 0 Å². The Bertz CT molecular complexity index is 977. The fraction of sp³-hybridized carbons (Fsp3) is 0.300. The quantitative estimate of drug-likeness (QED) is 0.461. The maximum absolute atomic E-state index is 13.4. The minimum Gasteiger partial charge on any atom is -0.370 e. The van der Waals surface area contributed by atoms with E-state index in [2.05, 4.69) is 30.9 Å². The number of hydrogen-bond acceptors (Lipinski definition) is 7. The van der Waals surface area contributed by atoms with Gasteiger partial charge in [0.15, 0.2) is 5.01 Å². The Kier molecular flexibility index (Phi) is 5.95. The number of carbonyl (C=O) groups is 1. The maximum Gasteiger partial charge on any atom is 0.280 e. The number of benzene rings is 1. The second-order valence-electron chi connectivity index (χ2n) is 6.78. The minimum atomic E-state index is -0.317. The van der Waals surface area contributed by atoms with Gasteiger partial charge in [-0.15, -0.1) is 11.3 Å². The van der Waals surface area contributed by atoms with Crippen LogP contribution in [0.5, 0.6) is 0 Å². The van der Waals surface area contributed by atoms with Crippen LogP contribution in [0.3, 0.4) is 0 Å². The summed E-state index contributed by atoms with van der Waals surface area (Å²) in [6.07, 6.45) is 6.47. The van der Waals surface area contributed by atoms with Gasteiger partial charge in [0, 0.05) is 42.1 Å². The molecule has 0 bridgehead atoms. The minimum absolute atomic E-state index is 0.151. The number of rotatable bonds is 9. The van der Waals surface area contributed by atoms with Crippen LogP contribution in [-0.2, 0) is 0 Å². The van der Waals surface area contributed by atoms with Gasteiger partial charge in [-0.25, -0.2) is 14.4 Å². The number of nitrogens with one attached hydrogen (secondary N) is 3. The Labute approximate surface area is 171 Å². The first-order valence-electron chi connectivity index (χ1n) is 9.50. The molecule has 4 rings (SSSR count). The number of aromatic nitrogens is 3. The van der Waals surface area contributed by atoms with Crippen molar-refractivity contribution in [2.75, 3.05) is 23.7 Å². The van der Waals surface area contributed by atoms with Crippen LogP contribution in [0.15, 0.2) is 42.0 Å². The van der Waals surface area contributed by atoms with E-state index in [1.807, 2.05) is 6.20 Å². The van der Waals surface area contributed by atoms with Crippen LogP contribution in [0.2, 0.25) is 0 Å². The van der Waals surface area contributed by atoms with E-state index in [1.54, 1.807) is 23.7 Å². The van der Waals surface area contributed by atoms with Crippen molar-refractivity contribution in [1.82, 2.24) is 20.3 Å². The van der Waals surface area contributed by atoms with E-state index in [-0.39, 0.29) is 11.7 Å². The molecule has 0 atom stereocenters. The summed E-state index contributed by atoms with van der Waals surface area (Å²) in [4.78, 5) is 24.8. The summed E-state index contributed by atoms with van der Waals surface area (Å²) in [5.41, 5.74) is 1.70. The lowest BCUT2D eigenvalue weighted by Gasteiger charge is -2.13. The molecule has 0 radical (unpaired) electrons. The van der Waals surface area contributed by atoms with E-state index in [4.69, 9.17) is 0 Å². The lowest BCUT2D eigenvalue weighted by molar-refractivity contribution is 0.0953. The van der Waals surface area contributed by atoms with E-state index in [0.717, 1.165) is 30.6 Å². The number of thiazole rings is 1. The number of nitrogens with zero attached hydrogens (tertiary/aromatic N) is 3. The molecule has 1 fully saturated rings. The predicted molar refractivity (Wildman–Crippen MR) is 111 cm³/mol. The van der Waals surface area contributed by atoms with Crippen LogP contribution in [-0.4, -0.2) is 33.9 Å². The largest absolute Gasteiger partial charge is 0.370 e. The molecule has 0 spiro atoms. The molecule has 1 aromatic carbocycles. The summed E-state index contributed by atoms with van der Waals surface area (Å²) in [7, 11) is 0. The van der Waals surface area contributed by atoms with Crippen molar-refractivity contribution in [3.05, 3.63) is 58.4 Å². The molecule has 9 heteroatoms. The van der Waals surface area contributed by atoms with Crippen molar-refractivity contribution < 1.29 is 9.18 Å². The van der Waals surface area contributed by atoms with Crippen molar-refractivity contribution in [3.63, 3.8) is 0 Å². The highest BCUT2D eigenvalue weighted by molar-refractivity contribution is 7.11. The maximum atomic E-state index is 13.4. The molecule has 0 aliphatic heterocycles. The molecular formula is C20H21FN6OS. The van der Waals surface area contributed by atoms with E-state index in [0.29, 0.717) is 35.7 Å². The van der Waals surface area contributed by atoms with E-state index >= 15 is 0 Å². The number of amides is 1. The van der Waals surface area contributed by atoms with Crippen LogP contribution in [0.4, 0.5) is 21.8 Å². The van der Waals surface area contributed by atoms with E-state index in [1.165, 1.54) is 23.5 Å². The van der Waals surface area contributed by atoms with Gasteiger partial charge in [-0.2, -0.15) is 4.98 Å². The normalized spacial score (nSPS) is 13.1. The molecule has 29 heavy (non-hydrogen) atoms. The zero-order valence-electron chi connectivity index (χ0n) is 15.7. The molecule has 150 valence electrons. The van der Waals surface area contributed by atoms with Gasteiger partial charge in [0.05, 0.1) is 0 Å². The van der Waals surface area contributed by atoms with Gasteiger partial charge in [-0.1, -0.05) is 6.07 Å². The molecule has 2 heterocycles. The third-order valence-electron chi connectivity index (χ3n) is 4.47. The highest BCUT2D eigenvalue weighted by atomic mass is 32.1. The second-order valence-corrected chi connectivity index (χ2v) is 7.68. The van der Waals surface area contributed by atoms with Crippen molar-refractivity contribution in [2.24, 2.45) is 0 Å². The van der Waals surface area contributed by atoms with Gasteiger partial charge in [-0.05, 0) is 43.4 Å². The first kappa shape index (κ1) is 19.3. The van der Waals surface area contributed by atoms with Crippen molar-refractivity contribution in [2.45, 2.75) is 25.2 Å². The highest BCUT2D eigenvalue weighted by Gasteiger charge is 2.27. The second kappa shape index (κ2) is 8.95. The Morgan fingerprint density at radius 3 is 2.90 bits per heavy atom. The molecule has 7 nitrogen and oxygen atoms in total. The molecule has 1 aliphatic rings. The molecule has 0 saturated heterocycles. The molecule has 0 unspecified atom stereocenters. The number of hydrogen-bond donors (Lipinski definition) is 3. The summed E-state index contributed by atoms with van der Waals surface area (Å²) in [6, 6.07) is 6.19. The number of carbonyl (C=O) groups excluding carboxylic acids is 1. The fourth-order valence-corrected chi connectivity index (χ4v) is 3.44. The predicted octanol–water partition coefficient (Wildman–Crippen LogP) is 3.93. The molecule has 2 aromatic heterocycles. The van der Waals surface area contributed by atoms with Gasteiger partial charge in [0.25, 0.3) is 5.91 Å². The monoisotopic (exact) mass is 412 g/mol. The van der Waals surface area contributed by atoms with Crippen LogP contribution in [0.25, 0.3) is 0 Å². The summed E-state index contributed by atoms with van der Waals surface area (Å²) >= 11 is 1.32. The number of anilines is 3. The lowest BCUT2D eigenvalue weighted by atomic mass is 10.2. The Morgan fingerprint density at radius 1 is 1.24 bits per heavy atom. The standard InChI is InChI=1S/C20H21FN6OS/c21-14-3-1-4-15(11-14)26-20-25-12-16(13-5-6-13)17(27-20)22-7-2-8-23-18(28)19-24-9-10-29-19/h1,3-4,9-13H,2,5-8H2,(H,23,28)(H2,22,25,26,27). The number of halogens is 1. The smallest absolute Gasteiger partial charge is 0.280 e. The average Bonchev–Trinajstić information content (AvgIpc) is 3.40. The van der Waals surface area contributed by atoms with Gasteiger partial charge < -0.3 is 16.0 Å². The van der Waals surface area contributed by atoms with E-state index in [9.17, 15) is 9.18 Å². The van der Waals surface area contributed by atoms with Crippen LogP contribution in [0.1, 0.15) is 40.5 Å². The zero-order valence-corrected chi connectivity index (χ0v) is 16.5. The van der Waals surface area contributed by atoms with Gasteiger partial charge in [0.2, 0.25) is 5.95 Å². The van der Waals surface area contributed by atoms with Gasteiger partial charge >= 0.3 is 0 Å². The molecule has 1 aliphatic carbocycles. The Hall–Kier alpha value is -3.07.